The van der Waals surface area contributed by atoms with Gasteiger partial charge >= 0.3 is 11.9 Å². The normalized spacial score (nSPS) is 24.7. The number of carbonyl (C=O) groups is 2. The maximum absolute atomic E-state index is 13.1. The molecule has 15 nitrogen and oxygen atoms in total. The molecule has 0 bridgehead atoms. The van der Waals surface area contributed by atoms with E-state index in [9.17, 15) is 45.3 Å². The van der Waals surface area contributed by atoms with E-state index < -0.39 is 92.7 Å². The third-order valence-electron chi connectivity index (χ3n) is 14.8. The van der Waals surface area contributed by atoms with E-state index in [1.165, 1.54) is 186 Å². The number of esters is 2. The van der Waals surface area contributed by atoms with Crippen LogP contribution in [0.3, 0.4) is 0 Å². The van der Waals surface area contributed by atoms with Crippen LogP contribution in [-0.2, 0) is 38.0 Å². The molecule has 0 aromatic carbocycles. The van der Waals surface area contributed by atoms with Crippen LogP contribution in [0.5, 0.6) is 0 Å². The average Bonchev–Trinajstić information content (AvgIpc) is 3.38. The predicted molar refractivity (Wildman–Crippen MR) is 285 cm³/mol. The summed E-state index contributed by atoms with van der Waals surface area (Å²) < 4.78 is 33.7. The lowest BCUT2D eigenvalue weighted by atomic mass is 9.98. The Kier molecular flexibility index (Phi) is 42.2. The fourth-order valence-electron chi connectivity index (χ4n) is 9.93. The molecule has 0 saturated carbocycles. The van der Waals surface area contributed by atoms with E-state index in [1.807, 2.05) is 0 Å². The maximum atomic E-state index is 13.1. The van der Waals surface area contributed by atoms with E-state index in [4.69, 9.17) is 28.4 Å². The molecule has 0 aromatic rings. The number of rotatable bonds is 49. The topological polar surface area (TPSA) is 231 Å². The SMILES string of the molecule is CCCCCCCCCCCCCCCCCCCCCCCCC(=O)OC(COC(=O)CCCCCCCCCCCCCCCCC)COC1OC(COC2OC(CO)C(O)C(O)C2O)C(O)C(O)C1O. The Hall–Kier alpha value is -1.50. The third kappa shape index (κ3) is 32.8. The molecule has 15 heteroatoms. The maximum Gasteiger partial charge on any atom is 0.306 e. The van der Waals surface area contributed by atoms with E-state index in [0.717, 1.165) is 38.5 Å². The minimum Gasteiger partial charge on any atom is -0.462 e. The summed E-state index contributed by atoms with van der Waals surface area (Å²) in [4.78, 5) is 25.9. The molecule has 432 valence electrons. The van der Waals surface area contributed by atoms with Gasteiger partial charge in [0.25, 0.3) is 0 Å². The second kappa shape index (κ2) is 45.5. The number of hydrogen-bond donors (Lipinski definition) is 7. The van der Waals surface area contributed by atoms with Crippen LogP contribution in [0.4, 0.5) is 0 Å². The molecule has 11 atom stereocenters. The molecule has 2 aliphatic heterocycles. The minimum absolute atomic E-state index is 0.174. The Labute approximate surface area is 442 Å². The zero-order chi connectivity index (χ0) is 53.2. The lowest BCUT2D eigenvalue weighted by Crippen LogP contribution is -2.61. The van der Waals surface area contributed by atoms with Crippen molar-refractivity contribution >= 4 is 11.9 Å². The van der Waals surface area contributed by atoms with Crippen molar-refractivity contribution in [3.63, 3.8) is 0 Å². The number of aliphatic hydroxyl groups excluding tert-OH is 7. The van der Waals surface area contributed by atoms with Crippen LogP contribution in [0.15, 0.2) is 0 Å². The van der Waals surface area contributed by atoms with Crippen molar-refractivity contribution in [1.82, 2.24) is 0 Å². The van der Waals surface area contributed by atoms with Crippen molar-refractivity contribution in [1.29, 1.82) is 0 Å². The summed E-state index contributed by atoms with van der Waals surface area (Å²) in [5.41, 5.74) is 0. The van der Waals surface area contributed by atoms with Gasteiger partial charge in [0.1, 0.15) is 55.4 Å². The number of ether oxygens (including phenoxy) is 6. The van der Waals surface area contributed by atoms with Gasteiger partial charge in [-0.2, -0.15) is 0 Å². The van der Waals surface area contributed by atoms with Crippen molar-refractivity contribution in [2.75, 3.05) is 26.4 Å². The van der Waals surface area contributed by atoms with Gasteiger partial charge in [0, 0.05) is 12.8 Å². The van der Waals surface area contributed by atoms with E-state index in [0.29, 0.717) is 12.8 Å². The van der Waals surface area contributed by atoms with Gasteiger partial charge in [0.15, 0.2) is 18.7 Å². The third-order valence-corrected chi connectivity index (χ3v) is 14.8. The van der Waals surface area contributed by atoms with E-state index in [1.54, 1.807) is 0 Å². The summed E-state index contributed by atoms with van der Waals surface area (Å²) in [5.74, 6) is -0.903. The van der Waals surface area contributed by atoms with Crippen LogP contribution in [0.1, 0.15) is 264 Å². The minimum atomic E-state index is -1.76. The van der Waals surface area contributed by atoms with Crippen LogP contribution >= 0.6 is 0 Å². The summed E-state index contributed by atoms with van der Waals surface area (Å²) in [6.07, 6.45) is 29.8. The zero-order valence-electron chi connectivity index (χ0n) is 46.2. The van der Waals surface area contributed by atoms with E-state index >= 15 is 0 Å². The Balaban J connectivity index is 1.72. The van der Waals surface area contributed by atoms with Crippen molar-refractivity contribution in [3.8, 4) is 0 Å². The van der Waals surface area contributed by atoms with Gasteiger partial charge in [0.2, 0.25) is 0 Å². The molecule has 0 aromatic heterocycles. The fourth-order valence-corrected chi connectivity index (χ4v) is 9.93. The smallest absolute Gasteiger partial charge is 0.306 e. The molecule has 0 spiro atoms. The Bertz CT molecular complexity index is 1280. The predicted octanol–water partition coefficient (Wildman–Crippen LogP) is 10.3. The molecule has 2 heterocycles. The standard InChI is InChI=1S/C58H110O15/c1-3-5-7-9-11-13-15-17-19-20-21-22-23-24-25-27-29-31-33-35-37-39-41-50(61)71-46(43-68-49(60)40-38-36-34-32-30-28-26-18-16-14-12-10-8-6-4-2)44-69-57-56(67)54(65)52(63)48(73-57)45-70-58-55(66)53(64)51(62)47(42-59)72-58/h46-48,51-59,62-67H,3-45H2,1-2H3. The van der Waals surface area contributed by atoms with Crippen LogP contribution < -0.4 is 0 Å². The summed E-state index contributed by atoms with van der Waals surface area (Å²) in [6.45, 7) is 2.66. The van der Waals surface area contributed by atoms with E-state index in [2.05, 4.69) is 13.8 Å². The van der Waals surface area contributed by atoms with Crippen LogP contribution in [0.2, 0.25) is 0 Å². The summed E-state index contributed by atoms with van der Waals surface area (Å²) in [6, 6.07) is 0. The molecular weight excluding hydrogens is 937 g/mol. The number of hydrogen-bond acceptors (Lipinski definition) is 15. The summed E-state index contributed by atoms with van der Waals surface area (Å²) in [5, 5.41) is 72.3. The highest BCUT2D eigenvalue weighted by Crippen LogP contribution is 2.27. The first-order valence-electron chi connectivity index (χ1n) is 30.1. The number of carbonyl (C=O) groups excluding carboxylic acids is 2. The van der Waals surface area contributed by atoms with Gasteiger partial charge in [-0.05, 0) is 12.8 Å². The monoisotopic (exact) mass is 1050 g/mol. The largest absolute Gasteiger partial charge is 0.462 e. The first-order chi connectivity index (χ1) is 35.5. The molecule has 2 rings (SSSR count). The average molecular weight is 1050 g/mol. The molecule has 2 saturated heterocycles. The lowest BCUT2D eigenvalue weighted by Gasteiger charge is -2.42. The van der Waals surface area contributed by atoms with Gasteiger partial charge in [-0.3, -0.25) is 9.59 Å². The van der Waals surface area contributed by atoms with Crippen molar-refractivity contribution in [2.24, 2.45) is 0 Å². The van der Waals surface area contributed by atoms with Gasteiger partial charge in [-0.1, -0.05) is 239 Å². The van der Waals surface area contributed by atoms with E-state index in [-0.39, 0.29) is 26.1 Å². The Morgan fingerprint density at radius 2 is 0.699 bits per heavy atom. The fraction of sp³-hybridized carbons (Fsp3) is 0.966. The second-order valence-electron chi connectivity index (χ2n) is 21.5. The molecule has 73 heavy (non-hydrogen) atoms. The first kappa shape index (κ1) is 67.6. The summed E-state index contributed by atoms with van der Waals surface area (Å²) in [7, 11) is 0. The van der Waals surface area contributed by atoms with Gasteiger partial charge in [-0.15, -0.1) is 0 Å². The molecule has 0 amide bonds. The molecule has 2 aliphatic rings. The highest BCUT2D eigenvalue weighted by molar-refractivity contribution is 5.70. The lowest BCUT2D eigenvalue weighted by molar-refractivity contribution is -0.332. The highest BCUT2D eigenvalue weighted by atomic mass is 16.7. The van der Waals surface area contributed by atoms with Crippen LogP contribution in [0, 0.1) is 0 Å². The summed E-state index contributed by atoms with van der Waals surface area (Å²) >= 11 is 0. The Morgan fingerprint density at radius 1 is 0.384 bits per heavy atom. The molecular formula is C58H110O15. The molecule has 0 radical (unpaired) electrons. The van der Waals surface area contributed by atoms with Crippen LogP contribution in [0.25, 0.3) is 0 Å². The van der Waals surface area contributed by atoms with Crippen molar-refractivity contribution in [2.45, 2.75) is 332 Å². The van der Waals surface area contributed by atoms with Gasteiger partial charge in [0.05, 0.1) is 19.8 Å². The molecule has 2 fully saturated rings. The number of unbranched alkanes of at least 4 members (excludes halogenated alkanes) is 35. The second-order valence-corrected chi connectivity index (χ2v) is 21.5. The quantitative estimate of drug-likeness (QED) is 0.0222. The first-order valence-corrected chi connectivity index (χ1v) is 30.1. The van der Waals surface area contributed by atoms with Crippen LogP contribution in [-0.4, -0.2) is 142 Å². The number of aliphatic hydroxyl groups is 7. The molecule has 11 unspecified atom stereocenters. The molecule has 7 N–H and O–H groups in total. The van der Waals surface area contributed by atoms with Crippen molar-refractivity contribution in [3.05, 3.63) is 0 Å². The van der Waals surface area contributed by atoms with Gasteiger partial charge in [-0.25, -0.2) is 0 Å². The van der Waals surface area contributed by atoms with Gasteiger partial charge < -0.3 is 64.2 Å². The van der Waals surface area contributed by atoms with Crippen molar-refractivity contribution < 1.29 is 73.8 Å². The highest BCUT2D eigenvalue weighted by Gasteiger charge is 2.47. The Morgan fingerprint density at radius 3 is 1.07 bits per heavy atom. The zero-order valence-corrected chi connectivity index (χ0v) is 46.2. The molecule has 0 aliphatic carbocycles.